The summed E-state index contributed by atoms with van der Waals surface area (Å²) in [5.74, 6) is -3.75. The Balaban J connectivity index is 0.00000484. The molecule has 1 aromatic carbocycles. The van der Waals surface area contributed by atoms with Crippen LogP contribution in [0.3, 0.4) is 0 Å². The number of amides is 3. The fourth-order valence-electron chi connectivity index (χ4n) is 3.80. The molecular weight excluding hydrogens is 607 g/mol. The molecule has 4 unspecified atom stereocenters. The molecule has 42 heavy (non-hydrogen) atoms. The summed E-state index contributed by atoms with van der Waals surface area (Å²) in [5, 5.41) is 46.9. The number of tetrazole rings is 1. The van der Waals surface area contributed by atoms with Crippen molar-refractivity contribution < 1.29 is 73.6 Å². The molecule has 4 rings (SSSR count). The predicted octanol–water partition coefficient (Wildman–Crippen LogP) is -4.89. The van der Waals surface area contributed by atoms with Gasteiger partial charge in [0.25, 0.3) is 5.91 Å². The van der Waals surface area contributed by atoms with Crippen LogP contribution in [0, 0.1) is 0 Å². The van der Waals surface area contributed by atoms with Crippen LogP contribution >= 0.6 is 23.5 Å². The summed E-state index contributed by atoms with van der Waals surface area (Å²) < 4.78 is 6.13. The molecule has 2 aliphatic heterocycles. The van der Waals surface area contributed by atoms with Gasteiger partial charge in [0.2, 0.25) is 11.1 Å². The molecular formula is C22H23N8NaO9S2. The van der Waals surface area contributed by atoms with Crippen LogP contribution in [-0.4, -0.2) is 101 Å². The molecule has 1 saturated heterocycles. The Bertz CT molecular complexity index is 1410. The molecule has 218 valence electrons. The van der Waals surface area contributed by atoms with Gasteiger partial charge < -0.3 is 31.1 Å². The van der Waals surface area contributed by atoms with Gasteiger partial charge in [-0.25, -0.2) is 14.3 Å². The van der Waals surface area contributed by atoms with Gasteiger partial charge in [0, 0.05) is 24.2 Å². The van der Waals surface area contributed by atoms with Crippen LogP contribution < -0.4 is 51.0 Å². The molecule has 0 spiro atoms. The Hall–Kier alpha value is -3.20. The largest absolute Gasteiger partial charge is 1.00 e. The van der Waals surface area contributed by atoms with Crippen LogP contribution in [0.4, 0.5) is 10.5 Å². The molecule has 2 aromatic rings. The second kappa shape index (κ2) is 14.3. The zero-order chi connectivity index (χ0) is 29.8. The number of ether oxygens (including phenoxy) is 1. The van der Waals surface area contributed by atoms with Gasteiger partial charge in [0.1, 0.15) is 29.8 Å². The second-order valence-corrected chi connectivity index (χ2v) is 10.7. The Morgan fingerprint density at radius 3 is 2.55 bits per heavy atom. The average Bonchev–Trinajstić information content (AvgIpc) is 3.36. The number of carbonyl (C=O) groups is 5. The van der Waals surface area contributed by atoms with E-state index in [1.807, 2.05) is 0 Å². The minimum absolute atomic E-state index is 0. The van der Waals surface area contributed by atoms with Crippen LogP contribution in [0.15, 0.2) is 40.7 Å². The number of anilines is 1. The maximum absolute atomic E-state index is 12.9. The number of nitrogens with two attached hydrogens (primary N) is 1. The minimum atomic E-state index is -1.92. The SMILES string of the molecule is Cn1nnnc1SCC1=C(C(=O)O)N2C(=O)C(NC(=O)C([O-])c3ccc(NC(=O)OCC(N)C(=O)O)cc3)C2SC1.[Na+]. The summed E-state index contributed by atoms with van der Waals surface area (Å²) in [6, 6.07) is 2.79. The van der Waals surface area contributed by atoms with Crippen molar-refractivity contribution in [2.45, 2.75) is 28.7 Å². The number of benzene rings is 1. The third kappa shape index (κ3) is 7.41. The van der Waals surface area contributed by atoms with Gasteiger partial charge in [-0.15, -0.1) is 16.9 Å². The number of thioether (sulfide) groups is 2. The Morgan fingerprint density at radius 2 is 1.95 bits per heavy atom. The molecule has 0 radical (unpaired) electrons. The third-order valence-corrected chi connectivity index (χ3v) is 8.35. The molecule has 6 N–H and O–H groups in total. The van der Waals surface area contributed by atoms with Crippen molar-refractivity contribution in [1.82, 2.24) is 30.4 Å². The molecule has 1 fully saturated rings. The number of carbonyl (C=O) groups excluding carboxylic acids is 3. The number of nitrogens with zero attached hydrogens (tertiary/aromatic N) is 5. The number of rotatable bonds is 11. The number of fused-ring (bicyclic) bond motifs is 1. The predicted molar refractivity (Wildman–Crippen MR) is 139 cm³/mol. The van der Waals surface area contributed by atoms with Crippen LogP contribution in [0.1, 0.15) is 11.7 Å². The molecule has 3 heterocycles. The number of carboxylic acids is 2. The number of carboxylic acid groups (broad SMARTS) is 2. The molecule has 20 heteroatoms. The number of aliphatic carboxylic acids is 2. The van der Waals surface area contributed by atoms with Crippen molar-refractivity contribution >= 4 is 59.1 Å². The second-order valence-electron chi connectivity index (χ2n) is 8.70. The van der Waals surface area contributed by atoms with Gasteiger partial charge >= 0.3 is 47.6 Å². The normalized spacial score (nSPS) is 19.0. The van der Waals surface area contributed by atoms with Crippen LogP contribution in [-0.2, 0) is 31.0 Å². The number of β-lactam (4-membered cyclic amide) rings is 1. The van der Waals surface area contributed by atoms with E-state index < -0.39 is 60.0 Å². The van der Waals surface area contributed by atoms with E-state index in [1.54, 1.807) is 7.05 Å². The van der Waals surface area contributed by atoms with E-state index in [2.05, 4.69) is 26.2 Å². The summed E-state index contributed by atoms with van der Waals surface area (Å²) in [4.78, 5) is 61.1. The Morgan fingerprint density at radius 1 is 1.26 bits per heavy atom. The molecule has 0 aliphatic carbocycles. The number of aryl methyl sites for hydroxylation is 1. The van der Waals surface area contributed by atoms with Gasteiger partial charge in [-0.3, -0.25) is 24.6 Å². The van der Waals surface area contributed by atoms with E-state index >= 15 is 0 Å². The summed E-state index contributed by atoms with van der Waals surface area (Å²) in [6.07, 6.45) is -2.88. The van der Waals surface area contributed by atoms with Crippen molar-refractivity contribution in [3.05, 3.63) is 41.1 Å². The summed E-state index contributed by atoms with van der Waals surface area (Å²) in [7, 11) is 1.64. The molecule has 3 amide bonds. The molecule has 2 aliphatic rings. The monoisotopic (exact) mass is 630 g/mol. The first-order valence-corrected chi connectivity index (χ1v) is 13.7. The van der Waals surface area contributed by atoms with E-state index in [0.717, 1.165) is 4.90 Å². The molecule has 17 nitrogen and oxygen atoms in total. The van der Waals surface area contributed by atoms with Gasteiger partial charge in [-0.1, -0.05) is 29.5 Å². The van der Waals surface area contributed by atoms with Crippen molar-refractivity contribution in [3.8, 4) is 0 Å². The van der Waals surface area contributed by atoms with Crippen molar-refractivity contribution in [2.75, 3.05) is 23.4 Å². The van der Waals surface area contributed by atoms with E-state index in [-0.39, 0.29) is 58.0 Å². The number of aromatic nitrogens is 4. The van der Waals surface area contributed by atoms with E-state index in [1.165, 1.54) is 52.5 Å². The first-order valence-electron chi connectivity index (χ1n) is 11.7. The van der Waals surface area contributed by atoms with Crippen LogP contribution in [0.25, 0.3) is 0 Å². The zero-order valence-electron chi connectivity index (χ0n) is 22.1. The minimum Gasteiger partial charge on any atom is -0.842 e. The third-order valence-electron chi connectivity index (χ3n) is 5.91. The maximum atomic E-state index is 12.9. The number of hydrogen-bond acceptors (Lipinski definition) is 13. The summed E-state index contributed by atoms with van der Waals surface area (Å²) >= 11 is 2.48. The first kappa shape index (κ1) is 33.3. The fraction of sp³-hybridized carbons (Fsp3) is 0.364. The standard InChI is InChI=1S/C22H23N8O9S2.Na/c1-29-21(26-27-28-29)41-8-10-7-40-18-13(17(33)30(18)14(10)20(36)37)25-16(32)15(31)9-2-4-11(5-3-9)24-22(38)39-6-12(23)19(34)35;/h2-5,12-13,15,18H,6-8,23H2,1H3,(H,24,38)(H,25,32)(H,34,35)(H,36,37);/q-1;+1. The summed E-state index contributed by atoms with van der Waals surface area (Å²) in [5.41, 5.74) is 5.82. The van der Waals surface area contributed by atoms with Gasteiger partial charge in [0.05, 0.1) is 0 Å². The summed E-state index contributed by atoms with van der Waals surface area (Å²) in [6.45, 7) is -0.552. The van der Waals surface area contributed by atoms with E-state index in [9.17, 15) is 34.2 Å². The molecule has 4 atom stereocenters. The first-order chi connectivity index (χ1) is 19.5. The molecule has 0 bridgehead atoms. The van der Waals surface area contributed by atoms with Gasteiger partial charge in [-0.05, 0) is 34.2 Å². The Kier molecular flexibility index (Phi) is 11.4. The molecule has 0 saturated carbocycles. The van der Waals surface area contributed by atoms with E-state index in [4.69, 9.17) is 15.6 Å². The fourth-order valence-corrected chi connectivity index (χ4v) is 6.14. The van der Waals surface area contributed by atoms with Gasteiger partial charge in [-0.2, -0.15) is 0 Å². The average molecular weight is 631 g/mol. The van der Waals surface area contributed by atoms with Crippen molar-refractivity contribution in [2.24, 2.45) is 12.8 Å². The quantitative estimate of drug-likeness (QED) is 0.0886. The van der Waals surface area contributed by atoms with Crippen molar-refractivity contribution in [3.63, 3.8) is 0 Å². The Labute approximate surface area is 267 Å². The van der Waals surface area contributed by atoms with Gasteiger partial charge in [0.15, 0.2) is 0 Å². The van der Waals surface area contributed by atoms with Crippen LogP contribution in [0.5, 0.6) is 0 Å². The van der Waals surface area contributed by atoms with Crippen molar-refractivity contribution in [1.29, 1.82) is 0 Å². The van der Waals surface area contributed by atoms with E-state index in [0.29, 0.717) is 10.7 Å². The number of nitrogens with one attached hydrogen (secondary N) is 2. The van der Waals surface area contributed by atoms with Crippen LogP contribution in [0.2, 0.25) is 0 Å². The number of hydrogen-bond donors (Lipinski definition) is 5. The smallest absolute Gasteiger partial charge is 0.842 e. The maximum Gasteiger partial charge on any atom is 1.00 e. The topological polar surface area (TPSA) is 255 Å². The zero-order valence-corrected chi connectivity index (χ0v) is 25.8. The molecule has 1 aromatic heterocycles.